The molecular weight excluding hydrogens is 224 g/mol. The van der Waals surface area contributed by atoms with Gasteiger partial charge in [-0.25, -0.2) is 0 Å². The van der Waals surface area contributed by atoms with Crippen LogP contribution in [0.5, 0.6) is 0 Å². The van der Waals surface area contributed by atoms with Crippen molar-refractivity contribution in [3.05, 3.63) is 0 Å². The van der Waals surface area contributed by atoms with Crippen molar-refractivity contribution in [2.75, 3.05) is 33.1 Å². The number of nitrogens with one attached hydrogen (secondary N) is 1. The summed E-state index contributed by atoms with van der Waals surface area (Å²) < 4.78 is 10.3. The predicted octanol–water partition coefficient (Wildman–Crippen LogP) is 1.51. The Bertz CT molecular complexity index is 244. The summed E-state index contributed by atoms with van der Waals surface area (Å²) in [6.07, 6.45) is 1.22. The van der Waals surface area contributed by atoms with E-state index in [2.05, 4.69) is 24.2 Å². The third-order valence-corrected chi connectivity index (χ3v) is 3.45. The number of rotatable bonds is 5. The molecule has 1 aliphatic rings. The van der Waals surface area contributed by atoms with E-state index in [0.29, 0.717) is 13.2 Å². The minimum atomic E-state index is 0.0462. The number of thioether (sulfide) groups is 1. The zero-order valence-electron chi connectivity index (χ0n) is 10.6. The lowest BCUT2D eigenvalue weighted by molar-refractivity contribution is 0.0344. The van der Waals surface area contributed by atoms with Gasteiger partial charge in [0.05, 0.1) is 19.3 Å². The summed E-state index contributed by atoms with van der Waals surface area (Å²) in [6, 6.07) is 0. The molecule has 1 N–H and O–H groups in total. The highest BCUT2D eigenvalue weighted by Crippen LogP contribution is 2.21. The molecule has 0 aromatic heterocycles. The van der Waals surface area contributed by atoms with E-state index >= 15 is 0 Å². The Morgan fingerprint density at radius 2 is 2.25 bits per heavy atom. The molecule has 16 heavy (non-hydrogen) atoms. The second-order valence-electron chi connectivity index (χ2n) is 4.57. The zero-order valence-corrected chi connectivity index (χ0v) is 11.4. The van der Waals surface area contributed by atoms with E-state index in [1.807, 2.05) is 0 Å². The Labute approximate surface area is 102 Å². The van der Waals surface area contributed by atoms with Crippen molar-refractivity contribution in [3.8, 4) is 0 Å². The van der Waals surface area contributed by atoms with Crippen molar-refractivity contribution in [1.82, 2.24) is 5.32 Å². The minimum Gasteiger partial charge on any atom is -0.382 e. The van der Waals surface area contributed by atoms with Gasteiger partial charge in [0, 0.05) is 25.5 Å². The Morgan fingerprint density at radius 1 is 1.50 bits per heavy atom. The SMILES string of the molecule is COCC(CN=C1NC(C)(C)CCS1)OC. The lowest BCUT2D eigenvalue weighted by Gasteiger charge is -2.32. The molecule has 1 fully saturated rings. The maximum atomic E-state index is 5.26. The number of hydrogen-bond acceptors (Lipinski definition) is 4. The fourth-order valence-electron chi connectivity index (χ4n) is 1.44. The van der Waals surface area contributed by atoms with E-state index in [1.54, 1.807) is 26.0 Å². The number of hydrogen-bond donors (Lipinski definition) is 1. The van der Waals surface area contributed by atoms with Gasteiger partial charge in [0.25, 0.3) is 0 Å². The van der Waals surface area contributed by atoms with Crippen molar-refractivity contribution in [3.63, 3.8) is 0 Å². The van der Waals surface area contributed by atoms with Gasteiger partial charge in [-0.15, -0.1) is 0 Å². The monoisotopic (exact) mass is 246 g/mol. The van der Waals surface area contributed by atoms with Crippen LogP contribution in [0.3, 0.4) is 0 Å². The van der Waals surface area contributed by atoms with Gasteiger partial charge < -0.3 is 14.8 Å². The average molecular weight is 246 g/mol. The van der Waals surface area contributed by atoms with Crippen LogP contribution < -0.4 is 5.32 Å². The largest absolute Gasteiger partial charge is 0.382 e. The van der Waals surface area contributed by atoms with Crippen LogP contribution in [0.15, 0.2) is 4.99 Å². The number of nitrogens with zero attached hydrogens (tertiary/aromatic N) is 1. The third kappa shape index (κ3) is 4.72. The smallest absolute Gasteiger partial charge is 0.157 e. The van der Waals surface area contributed by atoms with Crippen LogP contribution in [0.25, 0.3) is 0 Å². The van der Waals surface area contributed by atoms with E-state index in [0.717, 1.165) is 10.9 Å². The van der Waals surface area contributed by atoms with Gasteiger partial charge in [0.1, 0.15) is 0 Å². The quantitative estimate of drug-likeness (QED) is 0.798. The van der Waals surface area contributed by atoms with Gasteiger partial charge in [0.2, 0.25) is 0 Å². The van der Waals surface area contributed by atoms with Gasteiger partial charge in [0.15, 0.2) is 5.17 Å². The molecule has 0 radical (unpaired) electrons. The Hall–Kier alpha value is -0.260. The summed E-state index contributed by atoms with van der Waals surface area (Å²) >= 11 is 1.78. The summed E-state index contributed by atoms with van der Waals surface area (Å²) in [5.74, 6) is 1.13. The summed E-state index contributed by atoms with van der Waals surface area (Å²) in [7, 11) is 3.37. The van der Waals surface area contributed by atoms with E-state index in [4.69, 9.17) is 9.47 Å². The number of amidine groups is 1. The van der Waals surface area contributed by atoms with E-state index in [-0.39, 0.29) is 11.6 Å². The first-order chi connectivity index (χ1) is 7.57. The molecule has 0 saturated carbocycles. The van der Waals surface area contributed by atoms with Crippen LogP contribution >= 0.6 is 11.8 Å². The molecular formula is C11H22N2O2S. The molecule has 1 saturated heterocycles. The Morgan fingerprint density at radius 3 is 2.81 bits per heavy atom. The van der Waals surface area contributed by atoms with Crippen LogP contribution in [-0.2, 0) is 9.47 Å². The normalized spacial score (nSPS) is 24.1. The Balaban J connectivity index is 2.43. The molecule has 1 heterocycles. The molecule has 1 unspecified atom stereocenters. The van der Waals surface area contributed by atoms with Gasteiger partial charge in [-0.3, -0.25) is 4.99 Å². The van der Waals surface area contributed by atoms with Gasteiger partial charge in [-0.05, 0) is 20.3 Å². The zero-order chi connectivity index (χ0) is 12.0. The summed E-state index contributed by atoms with van der Waals surface area (Å²) in [6.45, 7) is 5.63. The van der Waals surface area contributed by atoms with Crippen molar-refractivity contribution >= 4 is 16.9 Å². The lowest BCUT2D eigenvalue weighted by atomic mass is 10.0. The number of ether oxygens (including phenoxy) is 2. The van der Waals surface area contributed by atoms with Crippen LogP contribution in [0.4, 0.5) is 0 Å². The topological polar surface area (TPSA) is 42.8 Å². The molecule has 0 aliphatic carbocycles. The Kier molecular flexibility index (Phi) is 5.58. The predicted molar refractivity (Wildman–Crippen MR) is 69.3 cm³/mol. The lowest BCUT2D eigenvalue weighted by Crippen LogP contribution is -2.46. The summed E-state index contributed by atoms with van der Waals surface area (Å²) in [5.41, 5.74) is 0.161. The first-order valence-electron chi connectivity index (χ1n) is 5.54. The van der Waals surface area contributed by atoms with Crippen LogP contribution in [0, 0.1) is 0 Å². The average Bonchev–Trinajstić information content (AvgIpc) is 2.23. The summed E-state index contributed by atoms with van der Waals surface area (Å²) in [5, 5.41) is 4.45. The highest BCUT2D eigenvalue weighted by atomic mass is 32.2. The van der Waals surface area contributed by atoms with Crippen molar-refractivity contribution in [2.24, 2.45) is 4.99 Å². The summed E-state index contributed by atoms with van der Waals surface area (Å²) in [4.78, 5) is 4.53. The first-order valence-corrected chi connectivity index (χ1v) is 6.53. The molecule has 0 amide bonds. The standard InChI is InChI=1S/C11H22N2O2S/c1-11(2)5-6-16-10(13-11)12-7-9(15-4)8-14-3/h9H,5-8H2,1-4H3,(H,12,13). The number of aliphatic imine (C=N–C) groups is 1. The van der Waals surface area contributed by atoms with Crippen LogP contribution in [0.2, 0.25) is 0 Å². The van der Waals surface area contributed by atoms with Crippen molar-refractivity contribution in [1.29, 1.82) is 0 Å². The molecule has 4 nitrogen and oxygen atoms in total. The molecule has 1 rings (SSSR count). The van der Waals surface area contributed by atoms with Crippen LogP contribution in [-0.4, -0.2) is 49.9 Å². The molecule has 0 aromatic rings. The maximum absolute atomic E-state index is 5.26. The third-order valence-electron chi connectivity index (χ3n) is 2.54. The maximum Gasteiger partial charge on any atom is 0.157 e. The highest BCUT2D eigenvalue weighted by molar-refractivity contribution is 8.13. The molecule has 94 valence electrons. The van der Waals surface area contributed by atoms with Crippen molar-refractivity contribution in [2.45, 2.75) is 31.9 Å². The molecule has 0 aromatic carbocycles. The van der Waals surface area contributed by atoms with E-state index < -0.39 is 0 Å². The fraction of sp³-hybridized carbons (Fsp3) is 0.909. The van der Waals surface area contributed by atoms with Crippen LogP contribution in [0.1, 0.15) is 20.3 Å². The second-order valence-corrected chi connectivity index (χ2v) is 5.65. The highest BCUT2D eigenvalue weighted by Gasteiger charge is 2.24. The minimum absolute atomic E-state index is 0.0462. The van der Waals surface area contributed by atoms with Gasteiger partial charge in [-0.2, -0.15) is 0 Å². The molecule has 0 spiro atoms. The van der Waals surface area contributed by atoms with E-state index in [9.17, 15) is 0 Å². The van der Waals surface area contributed by atoms with Crippen molar-refractivity contribution < 1.29 is 9.47 Å². The number of methoxy groups -OCH3 is 2. The van der Waals surface area contributed by atoms with E-state index in [1.165, 1.54) is 6.42 Å². The van der Waals surface area contributed by atoms with Gasteiger partial charge >= 0.3 is 0 Å². The molecule has 5 heteroatoms. The first kappa shape index (κ1) is 13.8. The second kappa shape index (κ2) is 6.47. The fourth-order valence-corrected chi connectivity index (χ4v) is 2.76. The molecule has 1 aliphatic heterocycles. The molecule has 1 atom stereocenters. The molecule has 0 bridgehead atoms. The van der Waals surface area contributed by atoms with Gasteiger partial charge in [-0.1, -0.05) is 11.8 Å².